The maximum atomic E-state index is 13.6. The quantitative estimate of drug-likeness (QED) is 0.0840. The number of aliphatic hydroxyl groups is 3. The Hall–Kier alpha value is -5.28. The largest absolute Gasteiger partial charge is 0.508 e. The molecule has 0 aliphatic carbocycles. The van der Waals surface area contributed by atoms with E-state index in [2.05, 4.69) is 0 Å². The molecule has 2 unspecified atom stereocenters. The molecule has 44 heavy (non-hydrogen) atoms. The SMILES string of the molecule is O=C(C=Cc1ccc(O)cc1)OC[C@H]1O[C@@H](Oc2c(-c3ccc(O)c(O)c3)oc3cc(O)cc(O)c3c2=O)C(O)C(O)[C@@H]1O. The van der Waals surface area contributed by atoms with Gasteiger partial charge in [-0.15, -0.1) is 0 Å². The van der Waals surface area contributed by atoms with Crippen LogP contribution < -0.4 is 10.2 Å². The van der Waals surface area contributed by atoms with Gasteiger partial charge >= 0.3 is 5.97 Å². The predicted octanol–water partition coefficient (Wildman–Crippen LogP) is 1.43. The number of benzene rings is 3. The number of phenols is 5. The van der Waals surface area contributed by atoms with Crippen LogP contribution in [0.1, 0.15) is 5.56 Å². The molecule has 8 N–H and O–H groups in total. The van der Waals surface area contributed by atoms with E-state index in [9.17, 15) is 50.4 Å². The first-order valence-corrected chi connectivity index (χ1v) is 13.0. The molecule has 14 heteroatoms. The average molecular weight is 611 g/mol. The van der Waals surface area contributed by atoms with Crippen molar-refractivity contribution in [2.45, 2.75) is 30.7 Å². The zero-order valence-corrected chi connectivity index (χ0v) is 22.5. The van der Waals surface area contributed by atoms with Crippen LogP contribution in [-0.2, 0) is 14.3 Å². The monoisotopic (exact) mass is 610 g/mol. The molecule has 1 aliphatic rings. The Labute approximate surface area is 247 Å². The summed E-state index contributed by atoms with van der Waals surface area (Å²) in [5.41, 5.74) is -0.735. The molecular formula is C30H26O14. The fourth-order valence-electron chi connectivity index (χ4n) is 4.46. The summed E-state index contributed by atoms with van der Waals surface area (Å²) in [5, 5.41) is 80.6. The fourth-order valence-corrected chi connectivity index (χ4v) is 4.46. The standard InChI is InChI=1S/C30H26O14/c31-15-5-1-13(2-6-15)3-8-22(36)41-12-21-24(37)26(39)27(40)30(43-21)44-29-25(38)23-19(35)10-16(32)11-20(23)42-28(29)14-4-7-17(33)18(34)9-14/h1-11,21,24,26-27,30-35,37,39-40H,12H2/t21-,24-,26?,27?,30+/m1/s1. The summed E-state index contributed by atoms with van der Waals surface area (Å²) < 4.78 is 22.1. The van der Waals surface area contributed by atoms with Gasteiger partial charge in [0.15, 0.2) is 17.3 Å². The van der Waals surface area contributed by atoms with Gasteiger partial charge in [0.2, 0.25) is 17.5 Å². The van der Waals surface area contributed by atoms with Crippen molar-refractivity contribution in [3.63, 3.8) is 0 Å². The lowest BCUT2D eigenvalue weighted by molar-refractivity contribution is -0.278. The molecule has 0 radical (unpaired) electrons. The van der Waals surface area contributed by atoms with Crippen molar-refractivity contribution in [2.75, 3.05) is 6.61 Å². The molecule has 5 atom stereocenters. The number of rotatable bonds is 7. The van der Waals surface area contributed by atoms with Gasteiger partial charge in [0.1, 0.15) is 59.2 Å². The van der Waals surface area contributed by atoms with Crippen molar-refractivity contribution in [2.24, 2.45) is 0 Å². The lowest BCUT2D eigenvalue weighted by Crippen LogP contribution is -2.60. The van der Waals surface area contributed by atoms with Crippen LogP contribution in [0.5, 0.6) is 34.5 Å². The molecule has 0 saturated carbocycles. The number of esters is 1. The summed E-state index contributed by atoms with van der Waals surface area (Å²) in [6.45, 7) is -0.616. The Morgan fingerprint density at radius 1 is 0.818 bits per heavy atom. The molecule has 0 spiro atoms. The zero-order valence-electron chi connectivity index (χ0n) is 22.5. The minimum absolute atomic E-state index is 0.0195. The molecule has 0 amide bonds. The molecule has 2 heterocycles. The number of hydrogen-bond donors (Lipinski definition) is 8. The molecular weight excluding hydrogens is 584 g/mol. The van der Waals surface area contributed by atoms with Crippen LogP contribution in [-0.4, -0.2) is 84.1 Å². The van der Waals surface area contributed by atoms with Crippen LogP contribution in [0.4, 0.5) is 0 Å². The smallest absolute Gasteiger partial charge is 0.330 e. The highest BCUT2D eigenvalue weighted by atomic mass is 16.7. The molecule has 14 nitrogen and oxygen atoms in total. The molecule has 3 aromatic carbocycles. The molecule has 1 aliphatic heterocycles. The summed E-state index contributed by atoms with van der Waals surface area (Å²) >= 11 is 0. The van der Waals surface area contributed by atoms with Gasteiger partial charge < -0.3 is 59.5 Å². The van der Waals surface area contributed by atoms with E-state index in [1.165, 1.54) is 24.3 Å². The second kappa shape index (κ2) is 12.1. The minimum atomic E-state index is -1.95. The van der Waals surface area contributed by atoms with Crippen LogP contribution in [0.3, 0.4) is 0 Å². The van der Waals surface area contributed by atoms with Gasteiger partial charge in [0, 0.05) is 23.8 Å². The van der Waals surface area contributed by atoms with Gasteiger partial charge in [-0.25, -0.2) is 4.79 Å². The Kier molecular flexibility index (Phi) is 8.33. The molecule has 230 valence electrons. The Balaban J connectivity index is 1.43. The van der Waals surface area contributed by atoms with E-state index in [-0.39, 0.29) is 22.7 Å². The number of aromatic hydroxyl groups is 5. The summed E-state index contributed by atoms with van der Waals surface area (Å²) in [6, 6.07) is 11.2. The molecule has 1 fully saturated rings. The highest BCUT2D eigenvalue weighted by molar-refractivity contribution is 5.88. The van der Waals surface area contributed by atoms with E-state index in [4.69, 9.17) is 18.6 Å². The first-order chi connectivity index (χ1) is 20.9. The molecule has 1 saturated heterocycles. The van der Waals surface area contributed by atoms with Crippen LogP contribution in [0, 0.1) is 0 Å². The van der Waals surface area contributed by atoms with Crippen molar-refractivity contribution in [3.05, 3.63) is 76.5 Å². The number of carbonyl (C=O) groups excluding carboxylic acids is 1. The number of fused-ring (bicyclic) bond motifs is 1. The van der Waals surface area contributed by atoms with Gasteiger partial charge in [-0.05, 0) is 42.0 Å². The second-order valence-corrected chi connectivity index (χ2v) is 9.82. The normalized spacial score (nSPS) is 21.8. The second-order valence-electron chi connectivity index (χ2n) is 9.82. The molecule has 1 aromatic heterocycles. The topological polar surface area (TPSA) is 237 Å². The lowest BCUT2D eigenvalue weighted by Gasteiger charge is -2.39. The van der Waals surface area contributed by atoms with Gasteiger partial charge in [-0.3, -0.25) is 4.79 Å². The maximum Gasteiger partial charge on any atom is 0.330 e. The zero-order chi connectivity index (χ0) is 31.7. The van der Waals surface area contributed by atoms with E-state index in [1.807, 2.05) is 0 Å². The van der Waals surface area contributed by atoms with Crippen LogP contribution in [0.2, 0.25) is 0 Å². The Morgan fingerprint density at radius 2 is 1.55 bits per heavy atom. The van der Waals surface area contributed by atoms with E-state index in [0.29, 0.717) is 5.56 Å². The summed E-state index contributed by atoms with van der Waals surface area (Å²) in [5.74, 6) is -4.08. The third-order valence-corrected chi connectivity index (χ3v) is 6.75. The van der Waals surface area contributed by atoms with Crippen LogP contribution in [0.15, 0.2) is 69.9 Å². The maximum absolute atomic E-state index is 13.6. The summed E-state index contributed by atoms with van der Waals surface area (Å²) in [7, 11) is 0. The number of phenolic OH excluding ortho intramolecular Hbond substituents is 5. The lowest BCUT2D eigenvalue weighted by atomic mass is 9.99. The third-order valence-electron chi connectivity index (χ3n) is 6.75. The minimum Gasteiger partial charge on any atom is -0.508 e. The predicted molar refractivity (Wildman–Crippen MR) is 150 cm³/mol. The molecule has 4 aromatic rings. The first kappa shape index (κ1) is 30.2. The van der Waals surface area contributed by atoms with Crippen molar-refractivity contribution >= 4 is 23.0 Å². The highest BCUT2D eigenvalue weighted by Crippen LogP contribution is 2.39. The summed E-state index contributed by atoms with van der Waals surface area (Å²) in [6.07, 6.45) is -6.45. The van der Waals surface area contributed by atoms with Crippen molar-refractivity contribution in [3.8, 4) is 45.8 Å². The van der Waals surface area contributed by atoms with E-state index in [1.54, 1.807) is 12.1 Å². The van der Waals surface area contributed by atoms with E-state index < -0.39 is 82.8 Å². The van der Waals surface area contributed by atoms with Crippen molar-refractivity contribution in [1.29, 1.82) is 0 Å². The number of carbonyl (C=O) groups is 1. The van der Waals surface area contributed by atoms with E-state index >= 15 is 0 Å². The number of hydrogen-bond acceptors (Lipinski definition) is 14. The Bertz CT molecular complexity index is 1780. The van der Waals surface area contributed by atoms with Crippen LogP contribution >= 0.6 is 0 Å². The number of ether oxygens (including phenoxy) is 3. The molecule has 5 rings (SSSR count). The summed E-state index contributed by atoms with van der Waals surface area (Å²) in [4.78, 5) is 25.8. The third kappa shape index (κ3) is 6.09. The van der Waals surface area contributed by atoms with Gasteiger partial charge in [-0.2, -0.15) is 0 Å². The van der Waals surface area contributed by atoms with Crippen LogP contribution in [0.25, 0.3) is 28.4 Å². The van der Waals surface area contributed by atoms with Gasteiger partial charge in [0.25, 0.3) is 0 Å². The first-order valence-electron chi connectivity index (χ1n) is 13.0. The van der Waals surface area contributed by atoms with Crippen molar-refractivity contribution in [1.82, 2.24) is 0 Å². The van der Waals surface area contributed by atoms with Crippen molar-refractivity contribution < 1.29 is 64.3 Å². The Morgan fingerprint density at radius 3 is 2.25 bits per heavy atom. The van der Waals surface area contributed by atoms with Gasteiger partial charge in [-0.1, -0.05) is 12.1 Å². The molecule has 0 bridgehead atoms. The fraction of sp³-hybridized carbons (Fsp3) is 0.200. The van der Waals surface area contributed by atoms with Gasteiger partial charge in [0.05, 0.1) is 0 Å². The highest BCUT2D eigenvalue weighted by Gasteiger charge is 2.46. The number of aliphatic hydroxyl groups excluding tert-OH is 3. The average Bonchev–Trinajstić information content (AvgIpc) is 2.98. The van der Waals surface area contributed by atoms with E-state index in [0.717, 1.165) is 30.3 Å².